The van der Waals surface area contributed by atoms with Gasteiger partial charge in [-0.25, -0.2) is 9.97 Å². The zero-order valence-electron chi connectivity index (χ0n) is 15.1. The molecule has 0 aromatic carbocycles. The van der Waals surface area contributed by atoms with E-state index < -0.39 is 12.8 Å². The summed E-state index contributed by atoms with van der Waals surface area (Å²) in [5.41, 5.74) is 1.47. The van der Waals surface area contributed by atoms with Gasteiger partial charge in [-0.05, 0) is 19.9 Å². The van der Waals surface area contributed by atoms with Crippen LogP contribution in [0.3, 0.4) is 0 Å². The molecule has 0 saturated carbocycles. The third-order valence-electron chi connectivity index (χ3n) is 3.31. The maximum atomic E-state index is 12.3. The van der Waals surface area contributed by atoms with Crippen LogP contribution >= 0.6 is 35.3 Å². The molecule has 0 unspecified atom stereocenters. The lowest BCUT2D eigenvalue weighted by Gasteiger charge is -2.14. The smallest absolute Gasteiger partial charge is 0.422 e. The number of ether oxygens (including phenoxy) is 1. The summed E-state index contributed by atoms with van der Waals surface area (Å²) in [4.78, 5) is 13.4. The van der Waals surface area contributed by atoms with Crippen LogP contribution in [0.25, 0.3) is 0 Å². The van der Waals surface area contributed by atoms with Crippen LogP contribution in [-0.2, 0) is 13.1 Å². The lowest BCUT2D eigenvalue weighted by Crippen LogP contribution is -2.36. The number of nitrogens with one attached hydrogen (secondary N) is 2. The Hall–Kier alpha value is -1.63. The van der Waals surface area contributed by atoms with Gasteiger partial charge in [-0.15, -0.1) is 35.3 Å². The van der Waals surface area contributed by atoms with Crippen LogP contribution in [0.4, 0.5) is 13.2 Å². The highest BCUT2D eigenvalue weighted by Gasteiger charge is 2.29. The Labute approximate surface area is 176 Å². The van der Waals surface area contributed by atoms with E-state index in [0.717, 1.165) is 15.6 Å². The quantitative estimate of drug-likeness (QED) is 0.350. The van der Waals surface area contributed by atoms with Gasteiger partial charge in [0.15, 0.2) is 12.6 Å². The molecule has 11 heteroatoms. The predicted octanol–water partition coefficient (Wildman–Crippen LogP) is 3.58. The molecule has 0 radical (unpaired) electrons. The number of guanidine groups is 1. The van der Waals surface area contributed by atoms with Crippen molar-refractivity contribution in [3.8, 4) is 5.88 Å². The Morgan fingerprint density at radius 1 is 1.26 bits per heavy atom. The van der Waals surface area contributed by atoms with E-state index in [1.807, 2.05) is 13.8 Å². The van der Waals surface area contributed by atoms with Crippen molar-refractivity contribution < 1.29 is 17.9 Å². The van der Waals surface area contributed by atoms with Gasteiger partial charge in [-0.2, -0.15) is 13.2 Å². The second kappa shape index (κ2) is 10.6. The summed E-state index contributed by atoms with van der Waals surface area (Å²) in [6.45, 7) is 3.28. The normalized spacial score (nSPS) is 11.7. The Bertz CT molecular complexity index is 767. The molecule has 0 saturated heterocycles. The topological polar surface area (TPSA) is 71.4 Å². The molecule has 150 valence electrons. The average Bonchev–Trinajstić information content (AvgIpc) is 2.90. The number of nitrogens with zero attached hydrogens (tertiary/aromatic N) is 3. The first-order chi connectivity index (χ1) is 12.3. The fourth-order valence-corrected chi connectivity index (χ4v) is 3.02. The second-order valence-electron chi connectivity index (χ2n) is 5.39. The number of hydrogen-bond donors (Lipinski definition) is 2. The number of aryl methyl sites for hydroxylation is 2. The van der Waals surface area contributed by atoms with Crippen molar-refractivity contribution in [2.45, 2.75) is 33.1 Å². The number of pyridine rings is 1. The fraction of sp³-hybridized carbons (Fsp3) is 0.438. The standard InChI is InChI=1S/C16H20F3N5OS.HI/c1-10-13(26-11(2)24-10)8-23-15(20-3)22-7-12-5-4-6-21-14(12)25-9-16(17,18)19;/h4-6H,7-9H2,1-3H3,(H2,20,22,23);1H. The van der Waals surface area contributed by atoms with Crippen LogP contribution in [0.1, 0.15) is 21.1 Å². The monoisotopic (exact) mass is 515 g/mol. The lowest BCUT2D eigenvalue weighted by atomic mass is 10.2. The van der Waals surface area contributed by atoms with Crippen molar-refractivity contribution in [3.63, 3.8) is 0 Å². The Morgan fingerprint density at radius 2 is 1.96 bits per heavy atom. The van der Waals surface area contributed by atoms with Crippen LogP contribution in [0, 0.1) is 13.8 Å². The van der Waals surface area contributed by atoms with E-state index in [-0.39, 0.29) is 36.4 Å². The van der Waals surface area contributed by atoms with Crippen molar-refractivity contribution in [2.24, 2.45) is 4.99 Å². The molecule has 2 aromatic rings. The summed E-state index contributed by atoms with van der Waals surface area (Å²) >= 11 is 1.60. The lowest BCUT2D eigenvalue weighted by molar-refractivity contribution is -0.154. The SMILES string of the molecule is CN=C(NCc1cccnc1OCC(F)(F)F)NCc1sc(C)nc1C.I. The third kappa shape index (κ3) is 7.87. The van der Waals surface area contributed by atoms with Gasteiger partial charge in [0.05, 0.1) is 17.2 Å². The Balaban J connectivity index is 0.00000364. The summed E-state index contributed by atoms with van der Waals surface area (Å²) in [6.07, 6.45) is -3.03. The highest BCUT2D eigenvalue weighted by Crippen LogP contribution is 2.20. The molecule has 2 N–H and O–H groups in total. The molecule has 0 bridgehead atoms. The van der Waals surface area contributed by atoms with Crippen LogP contribution in [-0.4, -0.2) is 35.8 Å². The van der Waals surface area contributed by atoms with E-state index >= 15 is 0 Å². The third-order valence-corrected chi connectivity index (χ3v) is 4.38. The summed E-state index contributed by atoms with van der Waals surface area (Å²) < 4.78 is 41.8. The predicted molar refractivity (Wildman–Crippen MR) is 110 cm³/mol. The molecule has 27 heavy (non-hydrogen) atoms. The van der Waals surface area contributed by atoms with Gasteiger partial charge in [0.25, 0.3) is 0 Å². The highest BCUT2D eigenvalue weighted by molar-refractivity contribution is 14.0. The number of alkyl halides is 3. The summed E-state index contributed by atoms with van der Waals surface area (Å²) in [7, 11) is 1.62. The van der Waals surface area contributed by atoms with Gasteiger partial charge >= 0.3 is 6.18 Å². The first-order valence-electron chi connectivity index (χ1n) is 7.79. The molecule has 0 aliphatic carbocycles. The first-order valence-corrected chi connectivity index (χ1v) is 8.61. The molecule has 0 atom stereocenters. The summed E-state index contributed by atoms with van der Waals surface area (Å²) in [5.74, 6) is 0.461. The molecule has 0 amide bonds. The van der Waals surface area contributed by atoms with E-state index in [4.69, 9.17) is 4.74 Å². The molecule has 2 heterocycles. The van der Waals surface area contributed by atoms with Gasteiger partial charge in [-0.1, -0.05) is 6.07 Å². The first kappa shape index (κ1) is 23.4. The number of rotatable bonds is 6. The summed E-state index contributed by atoms with van der Waals surface area (Å²) in [5, 5.41) is 7.19. The highest BCUT2D eigenvalue weighted by atomic mass is 127. The van der Waals surface area contributed by atoms with Gasteiger partial charge in [0, 0.05) is 30.2 Å². The van der Waals surface area contributed by atoms with Gasteiger partial charge in [-0.3, -0.25) is 4.99 Å². The maximum Gasteiger partial charge on any atom is 0.422 e. The fourth-order valence-electron chi connectivity index (χ4n) is 2.14. The van der Waals surface area contributed by atoms with E-state index in [0.29, 0.717) is 18.1 Å². The van der Waals surface area contributed by atoms with Gasteiger partial charge in [0.2, 0.25) is 5.88 Å². The zero-order valence-corrected chi connectivity index (χ0v) is 18.2. The van der Waals surface area contributed by atoms with E-state index in [1.54, 1.807) is 30.5 Å². The number of thiazole rings is 1. The molecule has 2 rings (SSSR count). The molecule has 0 fully saturated rings. The largest absolute Gasteiger partial charge is 0.468 e. The van der Waals surface area contributed by atoms with E-state index in [1.165, 1.54) is 6.20 Å². The van der Waals surface area contributed by atoms with Crippen molar-refractivity contribution >= 4 is 41.3 Å². The Morgan fingerprint density at radius 3 is 2.56 bits per heavy atom. The minimum absolute atomic E-state index is 0. The maximum absolute atomic E-state index is 12.3. The van der Waals surface area contributed by atoms with Crippen LogP contribution in [0.15, 0.2) is 23.3 Å². The van der Waals surface area contributed by atoms with Crippen molar-refractivity contribution in [1.29, 1.82) is 0 Å². The van der Waals surface area contributed by atoms with Crippen molar-refractivity contribution in [2.75, 3.05) is 13.7 Å². The molecular formula is C16H21F3IN5OS. The number of hydrogen-bond acceptors (Lipinski definition) is 5. The van der Waals surface area contributed by atoms with Crippen LogP contribution in [0.5, 0.6) is 5.88 Å². The van der Waals surface area contributed by atoms with E-state index in [9.17, 15) is 13.2 Å². The Kier molecular flexibility index (Phi) is 9.22. The van der Waals surface area contributed by atoms with Crippen LogP contribution < -0.4 is 15.4 Å². The van der Waals surface area contributed by atoms with Crippen LogP contribution in [0.2, 0.25) is 0 Å². The second-order valence-corrected chi connectivity index (χ2v) is 6.68. The van der Waals surface area contributed by atoms with Crippen molar-refractivity contribution in [1.82, 2.24) is 20.6 Å². The molecule has 0 aliphatic rings. The molecule has 0 aliphatic heterocycles. The van der Waals surface area contributed by atoms with Gasteiger partial charge in [0.1, 0.15) is 0 Å². The number of halogens is 4. The molecule has 0 spiro atoms. The number of aromatic nitrogens is 2. The van der Waals surface area contributed by atoms with E-state index in [2.05, 4.69) is 25.6 Å². The molecule has 2 aromatic heterocycles. The minimum Gasteiger partial charge on any atom is -0.468 e. The molecular weight excluding hydrogens is 494 g/mol. The zero-order chi connectivity index (χ0) is 19.2. The number of aliphatic imine (C=N–C) groups is 1. The van der Waals surface area contributed by atoms with Gasteiger partial charge < -0.3 is 15.4 Å². The average molecular weight is 515 g/mol. The van der Waals surface area contributed by atoms with Crippen molar-refractivity contribution in [3.05, 3.63) is 39.5 Å². The molecule has 6 nitrogen and oxygen atoms in total. The minimum atomic E-state index is -4.41. The summed E-state index contributed by atoms with van der Waals surface area (Å²) in [6, 6.07) is 3.28.